The summed E-state index contributed by atoms with van der Waals surface area (Å²) in [7, 11) is 0. The molecule has 2 rings (SSSR count). The number of hydrogen-bond acceptors (Lipinski definition) is 4. The van der Waals surface area contributed by atoms with Gasteiger partial charge in [0.15, 0.2) is 5.82 Å². The number of hydrogen-bond donors (Lipinski definition) is 1. The lowest BCUT2D eigenvalue weighted by atomic mass is 9.80. The van der Waals surface area contributed by atoms with E-state index in [9.17, 15) is 0 Å². The van der Waals surface area contributed by atoms with Gasteiger partial charge in [0.05, 0.1) is 6.04 Å². The first-order valence-corrected chi connectivity index (χ1v) is 7.33. The van der Waals surface area contributed by atoms with E-state index in [0.717, 1.165) is 24.6 Å². The van der Waals surface area contributed by atoms with E-state index in [4.69, 9.17) is 10.3 Å². The van der Waals surface area contributed by atoms with Gasteiger partial charge in [0.1, 0.15) is 0 Å². The van der Waals surface area contributed by atoms with Crippen LogP contribution in [-0.4, -0.2) is 10.1 Å². The molecule has 1 aliphatic rings. The van der Waals surface area contributed by atoms with Crippen LogP contribution in [0, 0.1) is 5.92 Å². The molecule has 1 fully saturated rings. The monoisotopic (exact) mass is 251 g/mol. The molecular formula is C14H25N3O. The van der Waals surface area contributed by atoms with Gasteiger partial charge in [0.2, 0.25) is 5.89 Å². The SMILES string of the molecule is CCCC(N)c1nc(C2CCCC(CC)C2)no1. The molecule has 1 saturated carbocycles. The Morgan fingerprint density at radius 1 is 1.39 bits per heavy atom. The summed E-state index contributed by atoms with van der Waals surface area (Å²) in [6, 6.07) is -0.0955. The van der Waals surface area contributed by atoms with E-state index in [1.165, 1.54) is 32.1 Å². The average Bonchev–Trinajstić information content (AvgIpc) is 2.89. The van der Waals surface area contributed by atoms with Crippen LogP contribution in [0.5, 0.6) is 0 Å². The van der Waals surface area contributed by atoms with Crippen molar-refractivity contribution in [3.05, 3.63) is 11.7 Å². The molecule has 0 saturated heterocycles. The number of nitrogens with zero attached hydrogens (tertiary/aromatic N) is 2. The van der Waals surface area contributed by atoms with Gasteiger partial charge in [-0.05, 0) is 25.2 Å². The first-order chi connectivity index (χ1) is 8.74. The molecule has 0 bridgehead atoms. The molecule has 2 N–H and O–H groups in total. The Bertz CT molecular complexity index is 364. The van der Waals surface area contributed by atoms with Crippen molar-refractivity contribution < 1.29 is 4.52 Å². The predicted molar refractivity (Wildman–Crippen MR) is 71.1 cm³/mol. The summed E-state index contributed by atoms with van der Waals surface area (Å²) in [5.41, 5.74) is 6.01. The molecule has 4 heteroatoms. The molecule has 0 aromatic carbocycles. The normalized spacial score (nSPS) is 26.2. The third-order valence-corrected chi connectivity index (χ3v) is 4.10. The van der Waals surface area contributed by atoms with Gasteiger partial charge in [0, 0.05) is 5.92 Å². The molecule has 1 heterocycles. The van der Waals surface area contributed by atoms with E-state index in [1.807, 2.05) is 0 Å². The smallest absolute Gasteiger partial charge is 0.243 e. The third kappa shape index (κ3) is 3.10. The molecule has 0 radical (unpaired) electrons. The summed E-state index contributed by atoms with van der Waals surface area (Å²) in [4.78, 5) is 4.52. The van der Waals surface area contributed by atoms with Crippen molar-refractivity contribution in [2.24, 2.45) is 11.7 Å². The minimum absolute atomic E-state index is 0.0955. The highest BCUT2D eigenvalue weighted by Gasteiger charge is 2.26. The Morgan fingerprint density at radius 2 is 2.22 bits per heavy atom. The summed E-state index contributed by atoms with van der Waals surface area (Å²) < 4.78 is 5.31. The zero-order chi connectivity index (χ0) is 13.0. The van der Waals surface area contributed by atoms with Crippen LogP contribution in [0.1, 0.15) is 82.5 Å². The Labute approximate surface area is 109 Å². The average molecular weight is 251 g/mol. The van der Waals surface area contributed by atoms with Gasteiger partial charge in [-0.1, -0.05) is 44.7 Å². The fraction of sp³-hybridized carbons (Fsp3) is 0.857. The quantitative estimate of drug-likeness (QED) is 0.869. The summed E-state index contributed by atoms with van der Waals surface area (Å²) in [5.74, 6) is 2.81. The second-order valence-corrected chi connectivity index (χ2v) is 5.52. The molecule has 1 aliphatic carbocycles. The van der Waals surface area contributed by atoms with Gasteiger partial charge >= 0.3 is 0 Å². The van der Waals surface area contributed by atoms with Crippen LogP contribution in [0.15, 0.2) is 4.52 Å². The minimum atomic E-state index is -0.0955. The topological polar surface area (TPSA) is 64.9 Å². The third-order valence-electron chi connectivity index (χ3n) is 4.10. The van der Waals surface area contributed by atoms with Crippen LogP contribution in [0.3, 0.4) is 0 Å². The van der Waals surface area contributed by atoms with Gasteiger partial charge in [-0.15, -0.1) is 0 Å². The van der Waals surface area contributed by atoms with E-state index in [2.05, 4.69) is 24.0 Å². The molecule has 1 aromatic heterocycles. The largest absolute Gasteiger partial charge is 0.338 e. The lowest BCUT2D eigenvalue weighted by Crippen LogP contribution is -2.15. The molecule has 1 aromatic rings. The lowest BCUT2D eigenvalue weighted by Gasteiger charge is -2.26. The minimum Gasteiger partial charge on any atom is -0.338 e. The number of nitrogens with two attached hydrogens (primary N) is 1. The van der Waals surface area contributed by atoms with Crippen molar-refractivity contribution in [1.29, 1.82) is 0 Å². The van der Waals surface area contributed by atoms with Gasteiger partial charge in [0.25, 0.3) is 0 Å². The highest BCUT2D eigenvalue weighted by Crippen LogP contribution is 2.36. The Kier molecular flexibility index (Phi) is 4.75. The second-order valence-electron chi connectivity index (χ2n) is 5.52. The van der Waals surface area contributed by atoms with E-state index >= 15 is 0 Å². The first kappa shape index (κ1) is 13.5. The molecular weight excluding hydrogens is 226 g/mol. The van der Waals surface area contributed by atoms with Crippen molar-refractivity contribution in [2.45, 2.75) is 70.8 Å². The molecule has 4 nitrogen and oxygen atoms in total. The summed E-state index contributed by atoms with van der Waals surface area (Å²) >= 11 is 0. The molecule has 102 valence electrons. The second kappa shape index (κ2) is 6.32. The van der Waals surface area contributed by atoms with E-state index in [1.54, 1.807) is 0 Å². The van der Waals surface area contributed by atoms with Gasteiger partial charge in [-0.2, -0.15) is 4.98 Å². The van der Waals surface area contributed by atoms with Gasteiger partial charge < -0.3 is 10.3 Å². The molecule has 0 aliphatic heterocycles. The molecule has 18 heavy (non-hydrogen) atoms. The van der Waals surface area contributed by atoms with E-state index in [-0.39, 0.29) is 6.04 Å². The molecule has 0 amide bonds. The fourth-order valence-corrected chi connectivity index (χ4v) is 2.89. The maximum Gasteiger partial charge on any atom is 0.243 e. The molecule has 3 atom stereocenters. The van der Waals surface area contributed by atoms with E-state index < -0.39 is 0 Å². The maximum absolute atomic E-state index is 6.01. The summed E-state index contributed by atoms with van der Waals surface area (Å²) in [5, 5.41) is 4.15. The van der Waals surface area contributed by atoms with Crippen LogP contribution >= 0.6 is 0 Å². The van der Waals surface area contributed by atoms with Crippen LogP contribution < -0.4 is 5.73 Å². The summed E-state index contributed by atoms with van der Waals surface area (Å²) in [6.07, 6.45) is 8.25. The van der Waals surface area contributed by atoms with Crippen molar-refractivity contribution >= 4 is 0 Å². The molecule has 3 unspecified atom stereocenters. The van der Waals surface area contributed by atoms with Crippen molar-refractivity contribution in [3.8, 4) is 0 Å². The molecule has 0 spiro atoms. The van der Waals surface area contributed by atoms with Crippen molar-refractivity contribution in [2.75, 3.05) is 0 Å². The maximum atomic E-state index is 6.01. The van der Waals surface area contributed by atoms with Gasteiger partial charge in [-0.25, -0.2) is 0 Å². The fourth-order valence-electron chi connectivity index (χ4n) is 2.89. The highest BCUT2D eigenvalue weighted by molar-refractivity contribution is 5.00. The van der Waals surface area contributed by atoms with Crippen LogP contribution in [-0.2, 0) is 0 Å². The predicted octanol–water partition coefficient (Wildman–Crippen LogP) is 3.55. The van der Waals surface area contributed by atoms with Crippen LogP contribution in [0.25, 0.3) is 0 Å². The van der Waals surface area contributed by atoms with Gasteiger partial charge in [-0.3, -0.25) is 0 Å². The zero-order valence-corrected chi connectivity index (χ0v) is 11.6. The van der Waals surface area contributed by atoms with Crippen LogP contribution in [0.4, 0.5) is 0 Å². The first-order valence-electron chi connectivity index (χ1n) is 7.33. The Morgan fingerprint density at radius 3 is 2.94 bits per heavy atom. The number of aromatic nitrogens is 2. The van der Waals surface area contributed by atoms with E-state index in [0.29, 0.717) is 11.8 Å². The highest BCUT2D eigenvalue weighted by atomic mass is 16.5. The lowest BCUT2D eigenvalue weighted by molar-refractivity contribution is 0.296. The van der Waals surface area contributed by atoms with Crippen LogP contribution in [0.2, 0.25) is 0 Å². The Hall–Kier alpha value is -0.900. The number of rotatable bonds is 5. The van der Waals surface area contributed by atoms with Crippen molar-refractivity contribution in [3.63, 3.8) is 0 Å². The Balaban J connectivity index is 2.00. The van der Waals surface area contributed by atoms with Crippen molar-refractivity contribution in [1.82, 2.24) is 10.1 Å². The summed E-state index contributed by atoms with van der Waals surface area (Å²) in [6.45, 7) is 4.38. The zero-order valence-electron chi connectivity index (χ0n) is 11.6. The standard InChI is InChI=1S/C14H25N3O/c1-3-6-12(15)14-16-13(17-18-14)11-8-5-7-10(4-2)9-11/h10-12H,3-9,15H2,1-2H3.